The molecular formula is C21H19ClN2O3S. The summed E-state index contributed by atoms with van der Waals surface area (Å²) in [7, 11) is -2.21. The van der Waals surface area contributed by atoms with Crippen LogP contribution in [0.1, 0.15) is 27.5 Å². The van der Waals surface area contributed by atoms with Crippen LogP contribution in [0.5, 0.6) is 0 Å². The van der Waals surface area contributed by atoms with Gasteiger partial charge in [-0.25, -0.2) is 13.1 Å². The van der Waals surface area contributed by atoms with Crippen LogP contribution in [0.25, 0.3) is 0 Å². The predicted octanol–water partition coefficient (Wildman–Crippen LogP) is 3.77. The minimum absolute atomic E-state index is 0.101. The first-order valence-electron chi connectivity index (χ1n) is 8.55. The number of carbonyl (C=O) groups is 1. The largest absolute Gasteiger partial charge is 0.341 e. The average Bonchev–Trinajstić information content (AvgIpc) is 2.73. The molecule has 0 aliphatic rings. The van der Waals surface area contributed by atoms with Gasteiger partial charge in [0, 0.05) is 10.6 Å². The predicted molar refractivity (Wildman–Crippen MR) is 110 cm³/mol. The first kappa shape index (κ1) is 20.1. The molecule has 7 heteroatoms. The number of hydrogen-bond donors (Lipinski definition) is 2. The van der Waals surface area contributed by atoms with E-state index in [0.29, 0.717) is 10.6 Å². The summed E-state index contributed by atoms with van der Waals surface area (Å²) < 4.78 is 25.9. The van der Waals surface area contributed by atoms with Crippen LogP contribution >= 0.6 is 11.6 Å². The van der Waals surface area contributed by atoms with E-state index in [9.17, 15) is 13.2 Å². The maximum Gasteiger partial charge on any atom is 0.252 e. The lowest BCUT2D eigenvalue weighted by Gasteiger charge is -2.20. The van der Waals surface area contributed by atoms with Crippen molar-refractivity contribution in [2.45, 2.75) is 10.9 Å². The van der Waals surface area contributed by atoms with E-state index in [0.717, 1.165) is 11.1 Å². The third-order valence-corrected chi connectivity index (χ3v) is 5.99. The number of benzene rings is 3. The topological polar surface area (TPSA) is 75.3 Å². The number of halogens is 1. The Balaban J connectivity index is 1.88. The van der Waals surface area contributed by atoms with Gasteiger partial charge in [0.2, 0.25) is 10.0 Å². The fraction of sp³-hybridized carbons (Fsp3) is 0.0952. The molecule has 3 aromatic carbocycles. The van der Waals surface area contributed by atoms with Gasteiger partial charge in [-0.15, -0.1) is 0 Å². The minimum Gasteiger partial charge on any atom is -0.341 e. The Morgan fingerprint density at radius 2 is 1.43 bits per heavy atom. The van der Waals surface area contributed by atoms with Crippen molar-refractivity contribution in [2.24, 2.45) is 0 Å². The number of sulfonamides is 1. The van der Waals surface area contributed by atoms with Gasteiger partial charge in [-0.05, 0) is 54.6 Å². The quantitative estimate of drug-likeness (QED) is 0.644. The first-order chi connectivity index (χ1) is 13.4. The van der Waals surface area contributed by atoms with Crippen molar-refractivity contribution in [1.29, 1.82) is 0 Å². The molecule has 2 N–H and O–H groups in total. The van der Waals surface area contributed by atoms with Crippen molar-refractivity contribution in [2.75, 3.05) is 7.05 Å². The summed E-state index contributed by atoms with van der Waals surface area (Å²) >= 11 is 5.99. The Hall–Kier alpha value is -2.67. The van der Waals surface area contributed by atoms with Crippen molar-refractivity contribution < 1.29 is 13.2 Å². The van der Waals surface area contributed by atoms with Gasteiger partial charge in [0.25, 0.3) is 5.91 Å². The highest BCUT2D eigenvalue weighted by Gasteiger charge is 2.19. The molecule has 0 spiro atoms. The van der Waals surface area contributed by atoms with Gasteiger partial charge in [-0.1, -0.05) is 54.1 Å². The number of rotatable bonds is 6. The van der Waals surface area contributed by atoms with Crippen molar-refractivity contribution in [3.8, 4) is 0 Å². The summed E-state index contributed by atoms with van der Waals surface area (Å²) in [5.41, 5.74) is 2.18. The maximum absolute atomic E-state index is 12.8. The van der Waals surface area contributed by atoms with Crippen molar-refractivity contribution in [3.05, 3.63) is 101 Å². The highest BCUT2D eigenvalue weighted by Crippen LogP contribution is 2.24. The lowest BCUT2D eigenvalue weighted by Crippen LogP contribution is -2.29. The molecule has 0 bridgehead atoms. The lowest BCUT2D eigenvalue weighted by atomic mass is 9.98. The van der Waals surface area contributed by atoms with Crippen LogP contribution in [0, 0.1) is 0 Å². The third kappa shape index (κ3) is 4.59. The molecule has 0 aromatic heterocycles. The highest BCUT2D eigenvalue weighted by atomic mass is 35.5. The molecule has 0 saturated carbocycles. The fourth-order valence-electron chi connectivity index (χ4n) is 2.78. The number of carbonyl (C=O) groups excluding carboxylic acids is 1. The molecule has 1 unspecified atom stereocenters. The molecule has 3 aromatic rings. The van der Waals surface area contributed by atoms with Crippen LogP contribution in [0.2, 0.25) is 5.02 Å². The maximum atomic E-state index is 12.8. The fourth-order valence-corrected chi connectivity index (χ4v) is 3.63. The molecule has 0 aliphatic carbocycles. The number of nitrogens with one attached hydrogen (secondary N) is 2. The van der Waals surface area contributed by atoms with Crippen LogP contribution in [0.3, 0.4) is 0 Å². The Labute approximate surface area is 169 Å². The smallest absolute Gasteiger partial charge is 0.252 e. The van der Waals surface area contributed by atoms with Crippen LogP contribution < -0.4 is 10.0 Å². The van der Waals surface area contributed by atoms with Crippen LogP contribution in [-0.4, -0.2) is 21.4 Å². The third-order valence-electron chi connectivity index (χ3n) is 4.31. The van der Waals surface area contributed by atoms with Crippen LogP contribution in [-0.2, 0) is 10.0 Å². The van der Waals surface area contributed by atoms with E-state index < -0.39 is 10.0 Å². The zero-order valence-electron chi connectivity index (χ0n) is 15.1. The lowest BCUT2D eigenvalue weighted by molar-refractivity contribution is 0.0943. The molecule has 1 atom stereocenters. The van der Waals surface area contributed by atoms with Gasteiger partial charge in [0.05, 0.1) is 10.9 Å². The Morgan fingerprint density at radius 1 is 0.857 bits per heavy atom. The second kappa shape index (κ2) is 8.56. The molecule has 0 saturated heterocycles. The van der Waals surface area contributed by atoms with E-state index >= 15 is 0 Å². The molecule has 0 fully saturated rings. The molecule has 5 nitrogen and oxygen atoms in total. The van der Waals surface area contributed by atoms with Gasteiger partial charge in [0.15, 0.2) is 0 Å². The van der Waals surface area contributed by atoms with E-state index in [2.05, 4.69) is 10.0 Å². The summed E-state index contributed by atoms with van der Waals surface area (Å²) in [6.07, 6.45) is 0. The molecule has 1 amide bonds. The second-order valence-corrected chi connectivity index (χ2v) is 8.42. The second-order valence-electron chi connectivity index (χ2n) is 6.10. The highest BCUT2D eigenvalue weighted by molar-refractivity contribution is 7.89. The molecule has 144 valence electrons. The summed E-state index contributed by atoms with van der Waals surface area (Å²) in [6.45, 7) is 0. The molecule has 0 aliphatic heterocycles. The van der Waals surface area contributed by atoms with Crippen molar-refractivity contribution in [3.63, 3.8) is 0 Å². The Bertz CT molecular complexity index is 1050. The van der Waals surface area contributed by atoms with Crippen molar-refractivity contribution >= 4 is 27.5 Å². The molecule has 0 heterocycles. The Kier molecular flexibility index (Phi) is 6.14. The minimum atomic E-state index is -3.55. The molecule has 0 radical (unpaired) electrons. The zero-order chi connectivity index (χ0) is 20.1. The zero-order valence-corrected chi connectivity index (χ0v) is 16.7. The van der Waals surface area contributed by atoms with Gasteiger partial charge in [-0.2, -0.15) is 0 Å². The number of hydrogen-bond acceptors (Lipinski definition) is 3. The first-order valence-corrected chi connectivity index (χ1v) is 10.4. The van der Waals surface area contributed by atoms with E-state index in [-0.39, 0.29) is 16.8 Å². The van der Waals surface area contributed by atoms with E-state index in [1.54, 1.807) is 12.1 Å². The number of amides is 1. The SMILES string of the molecule is CNS(=O)(=O)c1ccc(C(=O)NC(c2ccccc2)c2ccc(Cl)cc2)cc1. The van der Waals surface area contributed by atoms with Crippen molar-refractivity contribution in [1.82, 2.24) is 10.0 Å². The van der Waals surface area contributed by atoms with Crippen LogP contribution in [0.15, 0.2) is 83.8 Å². The summed E-state index contributed by atoms with van der Waals surface area (Å²) in [5.74, 6) is -0.308. The van der Waals surface area contributed by atoms with E-state index in [4.69, 9.17) is 11.6 Å². The van der Waals surface area contributed by atoms with Gasteiger partial charge in [0.1, 0.15) is 0 Å². The standard InChI is InChI=1S/C21H19ClN2O3S/c1-23-28(26,27)19-13-9-17(10-14-19)21(25)24-20(15-5-3-2-4-6-15)16-7-11-18(22)12-8-16/h2-14,20,23H,1H3,(H,24,25). The monoisotopic (exact) mass is 414 g/mol. The Morgan fingerprint density at radius 3 is 2.00 bits per heavy atom. The summed E-state index contributed by atoms with van der Waals surface area (Å²) in [4.78, 5) is 12.9. The van der Waals surface area contributed by atoms with E-state index in [1.807, 2.05) is 42.5 Å². The van der Waals surface area contributed by atoms with Gasteiger partial charge in [-0.3, -0.25) is 4.79 Å². The van der Waals surface area contributed by atoms with E-state index in [1.165, 1.54) is 31.3 Å². The molecule has 28 heavy (non-hydrogen) atoms. The normalized spacial score (nSPS) is 12.4. The van der Waals surface area contributed by atoms with Gasteiger partial charge >= 0.3 is 0 Å². The molecule has 3 rings (SSSR count). The summed E-state index contributed by atoms with van der Waals surface area (Å²) in [5, 5.41) is 3.62. The van der Waals surface area contributed by atoms with Gasteiger partial charge < -0.3 is 5.32 Å². The average molecular weight is 415 g/mol. The van der Waals surface area contributed by atoms with Crippen LogP contribution in [0.4, 0.5) is 0 Å². The molecular weight excluding hydrogens is 396 g/mol. The summed E-state index contributed by atoms with van der Waals surface area (Å²) in [6, 6.07) is 22.3.